The van der Waals surface area contributed by atoms with E-state index >= 15 is 0 Å². The molecule has 3 aromatic rings. The molecule has 37 heavy (non-hydrogen) atoms. The van der Waals surface area contributed by atoms with Crippen molar-refractivity contribution in [1.82, 2.24) is 34.9 Å². The summed E-state index contributed by atoms with van der Waals surface area (Å²) in [5.74, 6) is -0.674. The molecule has 10 nitrogen and oxygen atoms in total. The first-order chi connectivity index (χ1) is 17.4. The summed E-state index contributed by atoms with van der Waals surface area (Å²) in [6.45, 7) is 5.40. The van der Waals surface area contributed by atoms with E-state index in [1.165, 1.54) is 34.4 Å². The van der Waals surface area contributed by atoms with Gasteiger partial charge in [0.25, 0.3) is 11.8 Å². The van der Waals surface area contributed by atoms with Gasteiger partial charge in [0.1, 0.15) is 24.1 Å². The highest BCUT2D eigenvalue weighted by Gasteiger charge is 2.33. The molecule has 1 N–H and O–H groups in total. The number of ether oxygens (including phenoxy) is 1. The molecule has 4 rings (SSSR count). The van der Waals surface area contributed by atoms with Gasteiger partial charge in [-0.1, -0.05) is 0 Å². The number of hydrogen-bond acceptors (Lipinski definition) is 7. The molecule has 1 atom stereocenters. The third-order valence-electron chi connectivity index (χ3n) is 5.97. The Bertz CT molecular complexity index is 1300. The van der Waals surface area contributed by atoms with E-state index in [0.717, 1.165) is 18.9 Å². The highest BCUT2D eigenvalue weighted by atomic mass is 19.4. The third-order valence-corrected chi connectivity index (χ3v) is 5.97. The Balaban J connectivity index is 1.56. The Hall–Kier alpha value is -4.03. The zero-order chi connectivity index (χ0) is 26.9. The second kappa shape index (κ2) is 10.1. The van der Waals surface area contributed by atoms with Gasteiger partial charge in [-0.3, -0.25) is 9.59 Å². The minimum atomic E-state index is -4.87. The summed E-state index contributed by atoms with van der Waals surface area (Å²) >= 11 is 0. The molecule has 0 saturated heterocycles. The average molecular weight is 518 g/mol. The van der Waals surface area contributed by atoms with Crippen LogP contribution in [-0.4, -0.2) is 60.9 Å². The molecule has 0 spiro atoms. The van der Waals surface area contributed by atoms with E-state index in [2.05, 4.69) is 30.1 Å². The summed E-state index contributed by atoms with van der Waals surface area (Å²) in [5.41, 5.74) is 0.814. The van der Waals surface area contributed by atoms with E-state index in [1.54, 1.807) is 20.0 Å². The van der Waals surface area contributed by atoms with Crippen LogP contribution in [0.2, 0.25) is 0 Å². The number of carbonyl (C=O) groups excluding carboxylic acids is 2. The first kappa shape index (κ1) is 26.0. The normalized spacial score (nSPS) is 14.4. The first-order valence-corrected chi connectivity index (χ1v) is 11.6. The predicted octanol–water partition coefficient (Wildman–Crippen LogP) is 3.80. The van der Waals surface area contributed by atoms with E-state index in [1.807, 2.05) is 13.8 Å². The molecule has 196 valence electrons. The van der Waals surface area contributed by atoms with Crippen molar-refractivity contribution in [1.29, 1.82) is 0 Å². The van der Waals surface area contributed by atoms with Crippen LogP contribution in [0.25, 0.3) is 5.82 Å². The Morgan fingerprint density at radius 3 is 2.46 bits per heavy atom. The molecule has 0 radical (unpaired) electrons. The molecule has 0 bridgehead atoms. The summed E-state index contributed by atoms with van der Waals surface area (Å²) in [6.07, 6.45) is -0.692. The smallest absolute Gasteiger partial charge is 0.406 e. The van der Waals surface area contributed by atoms with Crippen molar-refractivity contribution < 1.29 is 27.5 Å². The van der Waals surface area contributed by atoms with Crippen LogP contribution in [0.4, 0.5) is 13.2 Å². The molecule has 1 fully saturated rings. The average Bonchev–Trinajstić information content (AvgIpc) is 3.57. The number of amides is 2. The number of carbonyl (C=O) groups is 2. The number of hydrogen-bond donors (Lipinski definition) is 1. The number of halogens is 3. The van der Waals surface area contributed by atoms with Crippen LogP contribution in [0, 0.1) is 0 Å². The van der Waals surface area contributed by atoms with Crippen molar-refractivity contribution in [3.05, 3.63) is 59.6 Å². The maximum Gasteiger partial charge on any atom is 0.573 e. The molecule has 1 aliphatic carbocycles. The molecule has 0 aliphatic heterocycles. The van der Waals surface area contributed by atoms with Gasteiger partial charge in [-0.25, -0.2) is 15.0 Å². The summed E-state index contributed by atoms with van der Waals surface area (Å²) < 4.78 is 43.9. The van der Waals surface area contributed by atoms with Crippen molar-refractivity contribution in [2.24, 2.45) is 0 Å². The lowest BCUT2D eigenvalue weighted by molar-refractivity contribution is -0.274. The van der Waals surface area contributed by atoms with Crippen LogP contribution in [0.3, 0.4) is 0 Å². The minimum Gasteiger partial charge on any atom is -0.406 e. The number of benzene rings is 1. The molecule has 1 saturated carbocycles. The molecular formula is C24H26F3N7O3. The van der Waals surface area contributed by atoms with Gasteiger partial charge in [-0.2, -0.15) is 9.78 Å². The fraction of sp³-hybridized carbons (Fsp3) is 0.417. The second-order valence-corrected chi connectivity index (χ2v) is 9.11. The molecule has 13 heteroatoms. The van der Waals surface area contributed by atoms with Crippen molar-refractivity contribution in [2.75, 3.05) is 7.05 Å². The van der Waals surface area contributed by atoms with E-state index < -0.39 is 24.1 Å². The largest absolute Gasteiger partial charge is 0.573 e. The highest BCUT2D eigenvalue weighted by molar-refractivity contribution is 5.95. The van der Waals surface area contributed by atoms with Gasteiger partial charge in [0.05, 0.1) is 6.04 Å². The summed E-state index contributed by atoms with van der Waals surface area (Å²) in [5, 5.41) is 6.90. The zero-order valence-corrected chi connectivity index (χ0v) is 20.7. The lowest BCUT2D eigenvalue weighted by Crippen LogP contribution is -2.33. The lowest BCUT2D eigenvalue weighted by atomic mass is 10.1. The van der Waals surface area contributed by atoms with Crippen LogP contribution >= 0.6 is 0 Å². The highest BCUT2D eigenvalue weighted by Crippen LogP contribution is 2.42. The molecule has 2 amide bonds. The lowest BCUT2D eigenvalue weighted by Gasteiger charge is -2.21. The molecule has 2 aromatic heterocycles. The van der Waals surface area contributed by atoms with Crippen LogP contribution < -0.4 is 10.1 Å². The maximum absolute atomic E-state index is 13.0. The van der Waals surface area contributed by atoms with E-state index in [4.69, 9.17) is 0 Å². The monoisotopic (exact) mass is 517 g/mol. The van der Waals surface area contributed by atoms with Gasteiger partial charge in [0.15, 0.2) is 11.6 Å². The number of aromatic nitrogens is 5. The number of alkyl halides is 3. The Labute approximate surface area is 210 Å². The number of nitrogens with zero attached hydrogens (tertiary/aromatic N) is 6. The molecule has 1 aromatic carbocycles. The topological polar surface area (TPSA) is 115 Å². The van der Waals surface area contributed by atoms with Crippen LogP contribution in [0.5, 0.6) is 5.75 Å². The van der Waals surface area contributed by atoms with Crippen molar-refractivity contribution in [2.45, 2.75) is 58.0 Å². The summed E-state index contributed by atoms with van der Waals surface area (Å²) in [6, 6.07) is 4.66. The van der Waals surface area contributed by atoms with Crippen molar-refractivity contribution >= 4 is 11.8 Å². The third kappa shape index (κ3) is 6.22. The zero-order valence-electron chi connectivity index (χ0n) is 20.7. The van der Waals surface area contributed by atoms with Gasteiger partial charge < -0.3 is 15.0 Å². The van der Waals surface area contributed by atoms with Gasteiger partial charge in [0.2, 0.25) is 0 Å². The van der Waals surface area contributed by atoms with Crippen molar-refractivity contribution in [3.63, 3.8) is 0 Å². The SMILES string of the molecule is CC(C)N(C)C(=O)c1cc(-n2ncnc2[C@H](C)NC(=O)c2cc(OC(F)(F)F)cc(C3CC3)c2)ncn1. The second-order valence-electron chi connectivity index (χ2n) is 9.11. The Morgan fingerprint density at radius 2 is 1.81 bits per heavy atom. The fourth-order valence-electron chi connectivity index (χ4n) is 3.66. The van der Waals surface area contributed by atoms with Gasteiger partial charge in [-0.05, 0) is 63.3 Å². The maximum atomic E-state index is 13.0. The van der Waals surface area contributed by atoms with E-state index in [9.17, 15) is 22.8 Å². The molecule has 1 aliphatic rings. The fourth-order valence-corrected chi connectivity index (χ4v) is 3.66. The number of nitrogens with one attached hydrogen (secondary N) is 1. The molecule has 2 heterocycles. The van der Waals surface area contributed by atoms with Crippen LogP contribution in [-0.2, 0) is 0 Å². The summed E-state index contributed by atoms with van der Waals surface area (Å²) in [7, 11) is 1.66. The van der Waals surface area contributed by atoms with Crippen LogP contribution in [0.1, 0.15) is 77.8 Å². The quantitative estimate of drug-likeness (QED) is 0.483. The standard InChI is InChI=1S/C24H26F3N7O3/c1-13(2)33(4)23(36)19-10-20(29-11-28-19)34-21(30-12-31-34)14(3)32-22(35)17-7-16(15-5-6-15)8-18(9-17)37-24(25,26)27/h7-15H,5-6H2,1-4H3,(H,32,35)/t14-/m0/s1. The van der Waals surface area contributed by atoms with Crippen LogP contribution in [0.15, 0.2) is 36.9 Å². The van der Waals surface area contributed by atoms with Crippen molar-refractivity contribution in [3.8, 4) is 11.6 Å². The Morgan fingerprint density at radius 1 is 1.08 bits per heavy atom. The van der Waals surface area contributed by atoms with Gasteiger partial charge >= 0.3 is 6.36 Å². The first-order valence-electron chi connectivity index (χ1n) is 11.6. The summed E-state index contributed by atoms with van der Waals surface area (Å²) in [4.78, 5) is 39.7. The van der Waals surface area contributed by atoms with Gasteiger partial charge in [-0.15, -0.1) is 13.2 Å². The minimum absolute atomic E-state index is 0.0354. The molecular weight excluding hydrogens is 491 g/mol. The Kier molecular flexibility index (Phi) is 7.14. The molecule has 0 unspecified atom stereocenters. The van der Waals surface area contributed by atoms with E-state index in [0.29, 0.717) is 11.4 Å². The van der Waals surface area contributed by atoms with Gasteiger partial charge in [0, 0.05) is 24.7 Å². The predicted molar refractivity (Wildman–Crippen MR) is 125 cm³/mol. The van der Waals surface area contributed by atoms with E-state index in [-0.39, 0.29) is 34.9 Å². The number of rotatable bonds is 8.